The van der Waals surface area contributed by atoms with Crippen molar-refractivity contribution in [1.29, 1.82) is 0 Å². The van der Waals surface area contributed by atoms with Gasteiger partial charge in [-0.3, -0.25) is 0 Å². The molecule has 0 unspecified atom stereocenters. The molecule has 0 saturated heterocycles. The Morgan fingerprint density at radius 3 is 2.35 bits per heavy atom. The number of carboxylic acids is 1. The van der Waals surface area contributed by atoms with E-state index >= 15 is 0 Å². The molecule has 136 valence electrons. The number of aryl methyl sites for hydroxylation is 1. The molecule has 2 aromatic carbocycles. The number of carboxylic acid groups (broad SMARTS) is 1. The number of carbonyl (C=O) groups excluding carboxylic acids is 2. The molecule has 26 heavy (non-hydrogen) atoms. The molecule has 0 heterocycles. The highest BCUT2D eigenvalue weighted by Gasteiger charge is 2.27. The molecule has 0 saturated carbocycles. The van der Waals surface area contributed by atoms with E-state index in [1.54, 1.807) is 12.1 Å². The monoisotopic (exact) mass is 416 g/mol. The molecule has 1 N–H and O–H groups in total. The van der Waals surface area contributed by atoms with E-state index < -0.39 is 29.2 Å². The van der Waals surface area contributed by atoms with Gasteiger partial charge in [0.15, 0.2) is 5.75 Å². The Kier molecular flexibility index (Phi) is 6.47. The number of halogens is 3. The Hall–Kier alpha value is -2.28. The highest BCUT2D eigenvalue weighted by molar-refractivity contribution is 6.46. The van der Waals surface area contributed by atoms with Gasteiger partial charge in [0.2, 0.25) is 0 Å². The van der Waals surface area contributed by atoms with Crippen molar-refractivity contribution in [2.45, 2.75) is 13.5 Å². The van der Waals surface area contributed by atoms with Crippen LogP contribution in [0.25, 0.3) is 0 Å². The minimum absolute atomic E-state index is 0.0850. The third-order valence-electron chi connectivity index (χ3n) is 3.32. The highest BCUT2D eigenvalue weighted by atomic mass is 35.5. The topological polar surface area (TPSA) is 89.9 Å². The first-order valence-corrected chi connectivity index (χ1v) is 8.20. The van der Waals surface area contributed by atoms with Gasteiger partial charge in [-0.2, -0.15) is 0 Å². The third kappa shape index (κ3) is 4.46. The summed E-state index contributed by atoms with van der Waals surface area (Å²) in [7, 11) is 0. The van der Waals surface area contributed by atoms with Gasteiger partial charge in [0.1, 0.15) is 12.2 Å². The molecule has 0 atom stereocenters. The molecule has 0 fully saturated rings. The van der Waals surface area contributed by atoms with Crippen LogP contribution >= 0.6 is 34.8 Å². The van der Waals surface area contributed by atoms with Crippen LogP contribution in [0.15, 0.2) is 30.3 Å². The van der Waals surface area contributed by atoms with Crippen molar-refractivity contribution in [3.63, 3.8) is 0 Å². The minimum Gasteiger partial charge on any atom is -0.473 e. The zero-order valence-corrected chi connectivity index (χ0v) is 15.5. The van der Waals surface area contributed by atoms with Crippen LogP contribution in [0.3, 0.4) is 0 Å². The van der Waals surface area contributed by atoms with Gasteiger partial charge in [-0.05, 0) is 24.1 Å². The zero-order chi connectivity index (χ0) is 19.4. The lowest BCUT2D eigenvalue weighted by Crippen LogP contribution is -2.21. The molecule has 6 nitrogen and oxygen atoms in total. The second-order valence-electron chi connectivity index (χ2n) is 5.06. The van der Waals surface area contributed by atoms with Gasteiger partial charge in [0.25, 0.3) is 0 Å². The first-order chi connectivity index (χ1) is 12.2. The maximum absolute atomic E-state index is 12.5. The molecule has 2 rings (SSSR count). The first-order valence-electron chi connectivity index (χ1n) is 7.06. The van der Waals surface area contributed by atoms with E-state index in [1.165, 1.54) is 0 Å². The average molecular weight is 418 g/mol. The number of rotatable bonds is 4. The van der Waals surface area contributed by atoms with Crippen molar-refractivity contribution in [1.82, 2.24) is 0 Å². The number of carbonyl (C=O) groups is 3. The summed E-state index contributed by atoms with van der Waals surface area (Å²) >= 11 is 17.8. The summed E-state index contributed by atoms with van der Waals surface area (Å²) in [5.41, 5.74) is 1.20. The van der Waals surface area contributed by atoms with Gasteiger partial charge in [-0.15, -0.1) is 0 Å². The third-order valence-corrected chi connectivity index (χ3v) is 4.39. The first kappa shape index (κ1) is 20.0. The molecule has 0 aromatic heterocycles. The van der Waals surface area contributed by atoms with Crippen LogP contribution in [0.1, 0.15) is 21.5 Å². The van der Waals surface area contributed by atoms with E-state index in [-0.39, 0.29) is 21.7 Å². The van der Waals surface area contributed by atoms with Gasteiger partial charge in [0.05, 0.1) is 15.1 Å². The van der Waals surface area contributed by atoms with Gasteiger partial charge >= 0.3 is 17.9 Å². The van der Waals surface area contributed by atoms with Crippen molar-refractivity contribution in [2.75, 3.05) is 0 Å². The van der Waals surface area contributed by atoms with E-state index in [9.17, 15) is 14.4 Å². The number of benzene rings is 2. The van der Waals surface area contributed by atoms with Crippen molar-refractivity contribution >= 4 is 52.7 Å². The van der Waals surface area contributed by atoms with E-state index in [0.29, 0.717) is 0 Å². The fourth-order valence-electron chi connectivity index (χ4n) is 1.98. The van der Waals surface area contributed by atoms with Crippen LogP contribution in [0.4, 0.5) is 0 Å². The maximum Gasteiger partial charge on any atom is 0.422 e. The second kappa shape index (κ2) is 8.40. The fourth-order valence-corrected chi connectivity index (χ4v) is 2.70. The van der Waals surface area contributed by atoms with Crippen LogP contribution < -0.4 is 4.74 Å². The van der Waals surface area contributed by atoms with Crippen LogP contribution in [0.2, 0.25) is 15.1 Å². The quantitative estimate of drug-likeness (QED) is 0.345. The number of esters is 2. The Bertz CT molecular complexity index is 894. The Balaban J connectivity index is 2.36. The fraction of sp³-hybridized carbons (Fsp3) is 0.118. The smallest absolute Gasteiger partial charge is 0.422 e. The summed E-state index contributed by atoms with van der Waals surface area (Å²) in [6.45, 7) is 1.75. The largest absolute Gasteiger partial charge is 0.473 e. The summed E-state index contributed by atoms with van der Waals surface area (Å²) in [5.74, 6) is -5.02. The molecule has 0 radical (unpaired) electrons. The lowest BCUT2D eigenvalue weighted by molar-refractivity contribution is -0.158. The summed E-state index contributed by atoms with van der Waals surface area (Å²) in [5, 5.41) is 8.04. The average Bonchev–Trinajstić information content (AvgIpc) is 2.58. The molecule has 2 aromatic rings. The Labute approximate surface area is 163 Å². The van der Waals surface area contributed by atoms with E-state index in [4.69, 9.17) is 44.6 Å². The van der Waals surface area contributed by atoms with Crippen LogP contribution in [-0.2, 0) is 20.9 Å². The molecule has 0 aliphatic heterocycles. The number of ether oxygens (including phenoxy) is 2. The Morgan fingerprint density at radius 2 is 1.73 bits per heavy atom. The summed E-state index contributed by atoms with van der Waals surface area (Å²) < 4.78 is 9.85. The Morgan fingerprint density at radius 1 is 1.08 bits per heavy atom. The maximum atomic E-state index is 12.5. The predicted molar refractivity (Wildman–Crippen MR) is 95.0 cm³/mol. The molecule has 0 bridgehead atoms. The lowest BCUT2D eigenvalue weighted by atomic mass is 10.1. The standard InChI is InChI=1S/C17H11Cl3O6/c1-8-4-2-3-5-9(8)7-25-16(23)12-13(20)10(18)6-11(19)14(12)26-17(24)15(21)22/h2-6H,7H2,1H3,(H,21,22). The summed E-state index contributed by atoms with van der Waals surface area (Å²) in [6.07, 6.45) is 0. The number of hydrogen-bond acceptors (Lipinski definition) is 5. The SMILES string of the molecule is Cc1ccccc1COC(=O)c1c(Cl)c(Cl)cc(Cl)c1OC(=O)C(=O)O. The van der Waals surface area contributed by atoms with Gasteiger partial charge in [0, 0.05) is 0 Å². The second-order valence-corrected chi connectivity index (χ2v) is 6.25. The van der Waals surface area contributed by atoms with Crippen molar-refractivity contribution in [3.8, 4) is 5.75 Å². The van der Waals surface area contributed by atoms with Crippen molar-refractivity contribution in [2.24, 2.45) is 0 Å². The van der Waals surface area contributed by atoms with Crippen LogP contribution in [0.5, 0.6) is 5.75 Å². The van der Waals surface area contributed by atoms with E-state index in [1.807, 2.05) is 19.1 Å². The lowest BCUT2D eigenvalue weighted by Gasteiger charge is -2.14. The zero-order valence-electron chi connectivity index (χ0n) is 13.2. The summed E-state index contributed by atoms with van der Waals surface area (Å²) in [6, 6.07) is 8.33. The number of aliphatic carboxylic acids is 1. The molecular weight excluding hydrogens is 407 g/mol. The summed E-state index contributed by atoms with van der Waals surface area (Å²) in [4.78, 5) is 34.5. The predicted octanol–water partition coefficient (Wildman–Crippen LogP) is 4.30. The molecule has 0 amide bonds. The molecular formula is C17H11Cl3O6. The van der Waals surface area contributed by atoms with E-state index in [2.05, 4.69) is 4.74 Å². The van der Waals surface area contributed by atoms with E-state index in [0.717, 1.165) is 17.2 Å². The minimum atomic E-state index is -1.87. The molecule has 0 spiro atoms. The van der Waals surface area contributed by atoms with Crippen molar-refractivity contribution < 1.29 is 29.0 Å². The normalized spacial score (nSPS) is 10.3. The number of hydrogen-bond donors (Lipinski definition) is 1. The highest BCUT2D eigenvalue weighted by Crippen LogP contribution is 2.40. The van der Waals surface area contributed by atoms with Crippen molar-refractivity contribution in [3.05, 3.63) is 62.1 Å². The van der Waals surface area contributed by atoms with Crippen LogP contribution in [0, 0.1) is 6.92 Å². The molecule has 0 aliphatic rings. The van der Waals surface area contributed by atoms with Gasteiger partial charge in [-0.25, -0.2) is 14.4 Å². The molecule has 9 heteroatoms. The van der Waals surface area contributed by atoms with Gasteiger partial charge in [-0.1, -0.05) is 59.1 Å². The molecule has 0 aliphatic carbocycles. The van der Waals surface area contributed by atoms with Crippen LogP contribution in [-0.4, -0.2) is 23.0 Å². The van der Waals surface area contributed by atoms with Gasteiger partial charge < -0.3 is 14.6 Å².